The number of hydrogen-bond donors (Lipinski definition) is 3. The number of carbonyl (C=O) groups excluding carboxylic acids is 1. The summed E-state index contributed by atoms with van der Waals surface area (Å²) in [5.74, 6) is 0. The van der Waals surface area contributed by atoms with Crippen molar-refractivity contribution < 1.29 is 13.2 Å². The number of amides is 2. The number of urea groups is 1. The number of fused-ring (bicyclic) bond motifs is 1. The van der Waals surface area contributed by atoms with Crippen molar-refractivity contribution in [3.8, 4) is 0 Å². The van der Waals surface area contributed by atoms with E-state index in [0.717, 1.165) is 0 Å². The topological polar surface area (TPSA) is 114 Å². The summed E-state index contributed by atoms with van der Waals surface area (Å²) in [7, 11) is -4.01. The van der Waals surface area contributed by atoms with Crippen molar-refractivity contribution in [3.05, 3.63) is 30.5 Å². The fourth-order valence-corrected chi connectivity index (χ4v) is 2.93. The van der Waals surface area contributed by atoms with Crippen LogP contribution in [0.3, 0.4) is 0 Å². The fourth-order valence-electron chi connectivity index (χ4n) is 1.84. The molecule has 0 atom stereocenters. The second-order valence-corrected chi connectivity index (χ2v) is 6.06. The first kappa shape index (κ1) is 15.0. The predicted octanol–water partition coefficient (Wildman–Crippen LogP) is 1.21. The number of hydrogen-bond acceptors (Lipinski definition) is 5. The number of nitrogens with zero attached hydrogens (tertiary/aromatic N) is 1. The molecule has 2 aromatic rings. The van der Waals surface area contributed by atoms with E-state index in [1.165, 1.54) is 18.3 Å². The molecular formula is C13H16N4O3S. The number of aromatic nitrogens is 1. The molecular weight excluding hydrogens is 292 g/mol. The van der Waals surface area contributed by atoms with Crippen LogP contribution in [0, 0.1) is 0 Å². The monoisotopic (exact) mass is 308 g/mol. The summed E-state index contributed by atoms with van der Waals surface area (Å²) in [6.07, 6.45) is 2.18. The summed E-state index contributed by atoms with van der Waals surface area (Å²) < 4.78 is 26.5. The zero-order valence-corrected chi connectivity index (χ0v) is 12.3. The number of carbonyl (C=O) groups is 1. The number of pyridine rings is 1. The lowest BCUT2D eigenvalue weighted by Gasteiger charge is -2.10. The van der Waals surface area contributed by atoms with E-state index in [-0.39, 0.29) is 10.4 Å². The van der Waals surface area contributed by atoms with Crippen LogP contribution in [-0.2, 0) is 10.0 Å². The molecule has 4 N–H and O–H groups in total. The van der Waals surface area contributed by atoms with E-state index >= 15 is 0 Å². The minimum absolute atomic E-state index is 0.0843. The van der Waals surface area contributed by atoms with Gasteiger partial charge in [0.2, 0.25) is 0 Å². The Morgan fingerprint density at radius 2 is 2.10 bits per heavy atom. The van der Waals surface area contributed by atoms with Crippen LogP contribution in [0.5, 0.6) is 0 Å². The van der Waals surface area contributed by atoms with E-state index in [2.05, 4.69) is 10.3 Å². The van der Waals surface area contributed by atoms with Gasteiger partial charge in [-0.25, -0.2) is 17.9 Å². The molecule has 1 aromatic carbocycles. The average molecular weight is 308 g/mol. The Hall–Kier alpha value is -2.35. The molecule has 0 aliphatic rings. The zero-order valence-electron chi connectivity index (χ0n) is 11.5. The van der Waals surface area contributed by atoms with Crippen molar-refractivity contribution in [2.45, 2.75) is 18.2 Å². The second kappa shape index (κ2) is 5.96. The number of nitrogens with two attached hydrogens (primary N) is 1. The molecule has 0 unspecified atom stereocenters. The van der Waals surface area contributed by atoms with Gasteiger partial charge in [0, 0.05) is 23.8 Å². The molecule has 0 bridgehead atoms. The minimum Gasteiger partial charge on any atom is -0.398 e. The number of benzene rings is 1. The first-order chi connectivity index (χ1) is 9.95. The average Bonchev–Trinajstić information content (AvgIpc) is 2.45. The van der Waals surface area contributed by atoms with Crippen LogP contribution in [0.4, 0.5) is 10.5 Å². The molecule has 1 heterocycles. The highest BCUT2D eigenvalue weighted by Crippen LogP contribution is 2.25. The maximum Gasteiger partial charge on any atom is 0.328 e. The summed E-state index contributed by atoms with van der Waals surface area (Å²) in [5, 5.41) is 2.97. The van der Waals surface area contributed by atoms with Crippen molar-refractivity contribution >= 4 is 32.6 Å². The third kappa shape index (κ3) is 3.22. The predicted molar refractivity (Wildman–Crippen MR) is 80.2 cm³/mol. The molecule has 0 radical (unpaired) electrons. The lowest BCUT2D eigenvalue weighted by atomic mass is 10.2. The van der Waals surface area contributed by atoms with Gasteiger partial charge in [-0.1, -0.05) is 6.92 Å². The number of sulfonamides is 1. The van der Waals surface area contributed by atoms with Gasteiger partial charge in [0.1, 0.15) is 4.90 Å². The maximum absolute atomic E-state index is 12.3. The number of rotatable bonds is 4. The first-order valence-electron chi connectivity index (χ1n) is 6.39. The summed E-state index contributed by atoms with van der Waals surface area (Å²) in [6.45, 7) is 2.26. The summed E-state index contributed by atoms with van der Waals surface area (Å²) in [5.41, 5.74) is 6.45. The van der Waals surface area contributed by atoms with Crippen molar-refractivity contribution in [2.24, 2.45) is 0 Å². The highest BCUT2D eigenvalue weighted by Gasteiger charge is 2.21. The van der Waals surface area contributed by atoms with E-state index in [1.807, 2.05) is 11.6 Å². The molecule has 7 nitrogen and oxygen atoms in total. The fraction of sp³-hybridized carbons (Fsp3) is 0.231. The normalized spacial score (nSPS) is 11.3. The van der Waals surface area contributed by atoms with Gasteiger partial charge in [0.25, 0.3) is 10.0 Å². The molecule has 0 aliphatic carbocycles. The van der Waals surface area contributed by atoms with E-state index in [1.54, 1.807) is 12.1 Å². The Bertz CT molecular complexity index is 774. The molecule has 21 heavy (non-hydrogen) atoms. The Kier molecular flexibility index (Phi) is 4.27. The van der Waals surface area contributed by atoms with Gasteiger partial charge in [-0.05, 0) is 30.7 Å². The van der Waals surface area contributed by atoms with Crippen molar-refractivity contribution in [1.29, 1.82) is 0 Å². The standard InChI is InChI=1S/C13H16N4O3S/c1-2-7-16-13(18)17-21(19,20)11-6-5-10(14)9-4-3-8-15-12(9)11/h3-6,8H,2,7,14H2,1H3,(H2,16,17,18). The Morgan fingerprint density at radius 1 is 1.33 bits per heavy atom. The molecule has 0 saturated carbocycles. The Labute approximate surface area is 122 Å². The van der Waals surface area contributed by atoms with Gasteiger partial charge < -0.3 is 11.1 Å². The molecule has 0 spiro atoms. The molecule has 2 rings (SSSR count). The summed E-state index contributed by atoms with van der Waals surface area (Å²) in [4.78, 5) is 15.5. The van der Waals surface area contributed by atoms with Crippen molar-refractivity contribution in [1.82, 2.24) is 15.0 Å². The highest BCUT2D eigenvalue weighted by atomic mass is 32.2. The third-order valence-corrected chi connectivity index (χ3v) is 4.18. The number of nitrogen functional groups attached to an aromatic ring is 1. The zero-order chi connectivity index (χ0) is 15.5. The molecule has 0 aliphatic heterocycles. The van der Waals surface area contributed by atoms with Crippen LogP contribution in [0.2, 0.25) is 0 Å². The number of nitrogens with one attached hydrogen (secondary N) is 2. The Morgan fingerprint density at radius 3 is 2.81 bits per heavy atom. The molecule has 1 aromatic heterocycles. The smallest absolute Gasteiger partial charge is 0.328 e. The van der Waals surface area contributed by atoms with Crippen LogP contribution >= 0.6 is 0 Å². The van der Waals surface area contributed by atoms with Crippen molar-refractivity contribution in [2.75, 3.05) is 12.3 Å². The third-order valence-electron chi connectivity index (χ3n) is 2.82. The van der Waals surface area contributed by atoms with Gasteiger partial charge in [-0.2, -0.15) is 0 Å². The molecule has 8 heteroatoms. The van der Waals surface area contributed by atoms with Gasteiger partial charge in [0.05, 0.1) is 5.52 Å². The van der Waals surface area contributed by atoms with E-state index < -0.39 is 16.1 Å². The van der Waals surface area contributed by atoms with Crippen LogP contribution in [0.1, 0.15) is 13.3 Å². The van der Waals surface area contributed by atoms with E-state index in [0.29, 0.717) is 24.0 Å². The van der Waals surface area contributed by atoms with E-state index in [9.17, 15) is 13.2 Å². The van der Waals surface area contributed by atoms with Crippen LogP contribution in [0.25, 0.3) is 10.9 Å². The van der Waals surface area contributed by atoms with Gasteiger partial charge in [0.15, 0.2) is 0 Å². The highest BCUT2D eigenvalue weighted by molar-refractivity contribution is 7.90. The number of anilines is 1. The van der Waals surface area contributed by atoms with E-state index in [4.69, 9.17) is 5.73 Å². The lowest BCUT2D eigenvalue weighted by molar-refractivity contribution is 0.246. The Balaban J connectivity index is 2.41. The van der Waals surface area contributed by atoms with Crippen molar-refractivity contribution in [3.63, 3.8) is 0 Å². The molecule has 112 valence electrons. The SMILES string of the molecule is CCCNC(=O)NS(=O)(=O)c1ccc(N)c2cccnc12. The van der Waals surface area contributed by atoms with Gasteiger partial charge in [-0.15, -0.1) is 0 Å². The summed E-state index contributed by atoms with van der Waals surface area (Å²) >= 11 is 0. The van der Waals surface area contributed by atoms with Crippen LogP contribution < -0.4 is 15.8 Å². The maximum atomic E-state index is 12.3. The first-order valence-corrected chi connectivity index (χ1v) is 7.88. The second-order valence-electron chi connectivity index (χ2n) is 4.41. The molecule has 0 fully saturated rings. The quantitative estimate of drug-likeness (QED) is 0.735. The largest absolute Gasteiger partial charge is 0.398 e. The van der Waals surface area contributed by atoms with Crippen LogP contribution in [-0.4, -0.2) is 26.0 Å². The summed E-state index contributed by atoms with van der Waals surface area (Å²) in [6, 6.07) is 5.38. The lowest BCUT2D eigenvalue weighted by Crippen LogP contribution is -2.39. The van der Waals surface area contributed by atoms with Gasteiger partial charge >= 0.3 is 6.03 Å². The van der Waals surface area contributed by atoms with Crippen LogP contribution in [0.15, 0.2) is 35.4 Å². The molecule has 0 saturated heterocycles. The van der Waals surface area contributed by atoms with Gasteiger partial charge in [-0.3, -0.25) is 4.98 Å². The minimum atomic E-state index is -4.01. The molecule has 2 amide bonds.